The molecule has 3 N–H and O–H groups in total. The Balaban J connectivity index is 1.87. The van der Waals surface area contributed by atoms with Crippen molar-refractivity contribution in [3.05, 3.63) is 46.1 Å². The number of rotatable bonds is 7. The first-order valence-corrected chi connectivity index (χ1v) is 11.3. The molecular formula is C19H15FN4O6S3. The number of halogens is 1. The van der Waals surface area contributed by atoms with Gasteiger partial charge in [0.1, 0.15) is 22.3 Å². The minimum absolute atomic E-state index is 0.0120. The fraction of sp³-hybridized carbons (Fsp3) is 0.158. The molecule has 1 saturated heterocycles. The molecule has 1 aliphatic heterocycles. The first-order chi connectivity index (χ1) is 15.7. The van der Waals surface area contributed by atoms with E-state index in [1.165, 1.54) is 23.6 Å². The summed E-state index contributed by atoms with van der Waals surface area (Å²) in [6, 6.07) is 4.81. The van der Waals surface area contributed by atoms with Crippen molar-refractivity contribution in [3.8, 4) is 0 Å². The van der Waals surface area contributed by atoms with Crippen LogP contribution in [0.5, 0.6) is 0 Å². The van der Waals surface area contributed by atoms with Gasteiger partial charge in [-0.15, -0.1) is 11.3 Å². The lowest BCUT2D eigenvalue weighted by Crippen LogP contribution is -2.33. The number of aliphatic carboxylic acids is 1. The average Bonchev–Trinajstić information content (AvgIpc) is 3.30. The second-order valence-corrected chi connectivity index (χ2v) is 8.68. The number of carbonyl (C=O) groups excluding carboxylic acids is 3. The van der Waals surface area contributed by atoms with Crippen molar-refractivity contribution in [2.24, 2.45) is 0 Å². The van der Waals surface area contributed by atoms with Crippen molar-refractivity contribution < 1.29 is 33.4 Å². The molecule has 172 valence electrons. The maximum absolute atomic E-state index is 13.7. The number of benzene rings is 1. The van der Waals surface area contributed by atoms with Gasteiger partial charge in [-0.25, -0.2) is 19.0 Å². The monoisotopic (exact) mass is 510 g/mol. The van der Waals surface area contributed by atoms with Crippen molar-refractivity contribution in [1.29, 1.82) is 0 Å². The average molecular weight is 511 g/mol. The molecule has 2 heterocycles. The van der Waals surface area contributed by atoms with E-state index < -0.39 is 36.2 Å². The van der Waals surface area contributed by atoms with E-state index in [0.29, 0.717) is 0 Å². The number of thioether (sulfide) groups is 1. The molecule has 0 spiro atoms. The van der Waals surface area contributed by atoms with Crippen LogP contribution in [-0.2, 0) is 19.1 Å². The summed E-state index contributed by atoms with van der Waals surface area (Å²) in [6.07, 6.45) is 0. The van der Waals surface area contributed by atoms with Crippen molar-refractivity contribution in [2.75, 3.05) is 23.8 Å². The number of ether oxygens (including phenoxy) is 1. The zero-order chi connectivity index (χ0) is 24.1. The summed E-state index contributed by atoms with van der Waals surface area (Å²) in [7, 11) is 0. The predicted octanol–water partition coefficient (Wildman–Crippen LogP) is 3.15. The van der Waals surface area contributed by atoms with Crippen LogP contribution >= 0.6 is 35.3 Å². The lowest BCUT2D eigenvalue weighted by molar-refractivity contribution is -0.140. The number of carbonyl (C=O) groups is 4. The molecule has 1 aliphatic rings. The predicted molar refractivity (Wildman–Crippen MR) is 124 cm³/mol. The second kappa shape index (κ2) is 10.5. The lowest BCUT2D eigenvalue weighted by atomic mass is 10.2. The van der Waals surface area contributed by atoms with Crippen LogP contribution in [0.1, 0.15) is 12.6 Å². The molecule has 0 atom stereocenters. The van der Waals surface area contributed by atoms with Gasteiger partial charge in [-0.05, 0) is 19.1 Å². The van der Waals surface area contributed by atoms with Crippen LogP contribution < -0.4 is 10.6 Å². The minimum Gasteiger partial charge on any atom is -0.480 e. The van der Waals surface area contributed by atoms with E-state index in [1.54, 1.807) is 13.0 Å². The fourth-order valence-electron chi connectivity index (χ4n) is 2.60. The van der Waals surface area contributed by atoms with Crippen LogP contribution in [0.25, 0.3) is 5.57 Å². The summed E-state index contributed by atoms with van der Waals surface area (Å²) in [5, 5.41) is 15.2. The normalized spacial score (nSPS) is 14.8. The van der Waals surface area contributed by atoms with Crippen LogP contribution in [0, 0.1) is 5.82 Å². The molecule has 33 heavy (non-hydrogen) atoms. The number of amides is 3. The molecule has 10 nitrogen and oxygen atoms in total. The van der Waals surface area contributed by atoms with Gasteiger partial charge in [0.15, 0.2) is 5.13 Å². The number of thiocarbonyl (C=S) groups is 1. The smallest absolute Gasteiger partial charge is 0.341 e. The van der Waals surface area contributed by atoms with Gasteiger partial charge in [0.25, 0.3) is 5.91 Å². The summed E-state index contributed by atoms with van der Waals surface area (Å²) < 4.78 is 18.7. The maximum Gasteiger partial charge on any atom is 0.341 e. The molecule has 1 fully saturated rings. The molecule has 3 amide bonds. The number of para-hydroxylation sites is 1. The zero-order valence-electron chi connectivity index (χ0n) is 16.8. The minimum atomic E-state index is -1.27. The topological polar surface area (TPSA) is 138 Å². The molecule has 1 aromatic heterocycles. The van der Waals surface area contributed by atoms with Crippen molar-refractivity contribution in [2.45, 2.75) is 6.92 Å². The van der Waals surface area contributed by atoms with Gasteiger partial charge in [0.2, 0.25) is 0 Å². The molecule has 3 rings (SSSR count). The highest BCUT2D eigenvalue weighted by Gasteiger charge is 2.38. The maximum atomic E-state index is 13.7. The first-order valence-electron chi connectivity index (χ1n) is 9.16. The Morgan fingerprint density at radius 2 is 2.00 bits per heavy atom. The molecule has 14 heteroatoms. The van der Waals surface area contributed by atoms with Gasteiger partial charge < -0.3 is 15.2 Å². The lowest BCUT2D eigenvalue weighted by Gasteiger charge is -2.11. The van der Waals surface area contributed by atoms with Crippen molar-refractivity contribution in [3.63, 3.8) is 0 Å². The van der Waals surface area contributed by atoms with Crippen LogP contribution in [0.4, 0.5) is 20.0 Å². The Hall–Kier alpha value is -3.36. The first kappa shape index (κ1) is 24.3. The Morgan fingerprint density at radius 3 is 2.67 bits per heavy atom. The highest BCUT2D eigenvalue weighted by atomic mass is 32.2. The number of carboxylic acid groups (broad SMARTS) is 1. The number of urea groups is 1. The Kier molecular flexibility index (Phi) is 7.73. The highest BCUT2D eigenvalue weighted by molar-refractivity contribution is 8.26. The number of aromatic nitrogens is 1. The largest absolute Gasteiger partial charge is 0.480 e. The SMILES string of the molecule is CCOC(=O)C(=C1SC(=S)N(CC(=O)O)C1=O)c1csc(NC(=O)Nc2ccccc2F)n1. The number of thiazole rings is 1. The van der Waals surface area contributed by atoms with Crippen LogP contribution in [-0.4, -0.2) is 56.3 Å². The Bertz CT molecular complexity index is 1180. The van der Waals surface area contributed by atoms with Gasteiger partial charge in [-0.1, -0.05) is 36.1 Å². The molecule has 0 unspecified atom stereocenters. The van der Waals surface area contributed by atoms with E-state index in [2.05, 4.69) is 15.6 Å². The van der Waals surface area contributed by atoms with E-state index in [0.717, 1.165) is 28.0 Å². The van der Waals surface area contributed by atoms with E-state index in [4.69, 9.17) is 22.1 Å². The molecule has 0 saturated carbocycles. The summed E-state index contributed by atoms with van der Waals surface area (Å²) in [6.45, 7) is 0.925. The number of nitrogens with zero attached hydrogens (tertiary/aromatic N) is 2. The van der Waals surface area contributed by atoms with E-state index >= 15 is 0 Å². The van der Waals surface area contributed by atoms with Gasteiger partial charge in [0, 0.05) is 5.38 Å². The van der Waals surface area contributed by atoms with Gasteiger partial charge in [0.05, 0.1) is 22.9 Å². The quantitative estimate of drug-likeness (QED) is 0.291. The molecule has 0 radical (unpaired) electrons. The van der Waals surface area contributed by atoms with Crippen LogP contribution in [0.15, 0.2) is 34.6 Å². The molecular weight excluding hydrogens is 495 g/mol. The van der Waals surface area contributed by atoms with Crippen molar-refractivity contribution >= 4 is 79.9 Å². The summed E-state index contributed by atoms with van der Waals surface area (Å²) >= 11 is 6.78. The third-order valence-electron chi connectivity index (χ3n) is 3.95. The highest BCUT2D eigenvalue weighted by Crippen LogP contribution is 2.38. The molecule has 0 aliphatic carbocycles. The van der Waals surface area contributed by atoms with Crippen LogP contribution in [0.3, 0.4) is 0 Å². The summed E-state index contributed by atoms with van der Waals surface area (Å²) in [5.41, 5.74) is -0.225. The van der Waals surface area contributed by atoms with E-state index in [1.807, 2.05) is 0 Å². The summed E-state index contributed by atoms with van der Waals surface area (Å²) in [5.74, 6) is -3.53. The van der Waals surface area contributed by atoms with Gasteiger partial charge >= 0.3 is 18.0 Å². The fourth-order valence-corrected chi connectivity index (χ4v) is 4.61. The van der Waals surface area contributed by atoms with Crippen molar-refractivity contribution in [1.82, 2.24) is 9.88 Å². The molecule has 2 aromatic rings. The molecule has 0 bridgehead atoms. The van der Waals surface area contributed by atoms with Crippen LogP contribution in [0.2, 0.25) is 0 Å². The number of carboxylic acids is 1. The number of anilines is 2. The number of hydrogen-bond acceptors (Lipinski definition) is 9. The summed E-state index contributed by atoms with van der Waals surface area (Å²) in [4.78, 5) is 53.5. The van der Waals surface area contributed by atoms with Gasteiger partial charge in [-0.3, -0.25) is 19.8 Å². The number of nitrogens with one attached hydrogen (secondary N) is 2. The number of hydrogen-bond donors (Lipinski definition) is 3. The van der Waals surface area contributed by atoms with E-state index in [-0.39, 0.29) is 37.9 Å². The third-order valence-corrected chi connectivity index (χ3v) is 6.16. The second-order valence-electron chi connectivity index (χ2n) is 6.17. The Labute approximate surface area is 199 Å². The van der Waals surface area contributed by atoms with E-state index in [9.17, 15) is 23.6 Å². The number of esters is 1. The zero-order valence-corrected chi connectivity index (χ0v) is 19.2. The molecule has 1 aromatic carbocycles. The third kappa shape index (κ3) is 5.71. The Morgan fingerprint density at radius 1 is 1.27 bits per heavy atom. The van der Waals surface area contributed by atoms with Gasteiger partial charge in [-0.2, -0.15) is 0 Å². The standard InChI is InChI=1S/C19H15FN4O6S3/c1-2-30-16(28)13(14-15(27)24(7-12(25)26)19(31)33-14)11-8-32-18(22-11)23-17(29)21-10-6-4-3-5-9(10)20/h3-6,8H,2,7H2,1H3,(H,25,26)(H2,21,22,23,29).